The van der Waals surface area contributed by atoms with Crippen LogP contribution in [0.15, 0.2) is 22.8 Å². The summed E-state index contributed by atoms with van der Waals surface area (Å²) in [6.07, 6.45) is 1.35. The molecule has 0 aliphatic carbocycles. The van der Waals surface area contributed by atoms with Gasteiger partial charge in [0.05, 0.1) is 16.4 Å². The molecule has 1 aromatic carbocycles. The van der Waals surface area contributed by atoms with E-state index in [1.165, 1.54) is 18.3 Å². The van der Waals surface area contributed by atoms with Gasteiger partial charge in [-0.2, -0.15) is 5.10 Å². The number of hydrogen-bond acceptors (Lipinski definition) is 3. The number of nitrogens with two attached hydrogens (primary N) is 1. The number of hydrogen-bond donors (Lipinski definition) is 3. The molecule has 1 heterocycles. The predicted molar refractivity (Wildman–Crippen MR) is 69.8 cm³/mol. The smallest absolute Gasteiger partial charge is 0.275 e. The second kappa shape index (κ2) is 4.77. The Balaban J connectivity index is 2.28. The molecule has 0 unspecified atom stereocenters. The van der Waals surface area contributed by atoms with Crippen molar-refractivity contribution in [3.8, 4) is 0 Å². The zero-order valence-electron chi connectivity index (χ0n) is 9.42. The summed E-state index contributed by atoms with van der Waals surface area (Å²) in [4.78, 5) is 11.9. The monoisotopic (exact) mass is 312 g/mol. The van der Waals surface area contributed by atoms with Crippen molar-refractivity contribution in [1.82, 2.24) is 10.2 Å². The number of halogens is 2. The number of aromatic nitrogens is 2. The molecule has 1 amide bonds. The Labute approximate surface area is 111 Å². The Morgan fingerprint density at radius 3 is 2.89 bits per heavy atom. The molecule has 7 heteroatoms. The van der Waals surface area contributed by atoms with Gasteiger partial charge >= 0.3 is 0 Å². The van der Waals surface area contributed by atoms with E-state index in [1.54, 1.807) is 6.92 Å². The molecule has 18 heavy (non-hydrogen) atoms. The van der Waals surface area contributed by atoms with Crippen molar-refractivity contribution in [3.05, 3.63) is 39.9 Å². The van der Waals surface area contributed by atoms with E-state index in [0.29, 0.717) is 11.3 Å². The number of carbonyl (C=O) groups is 1. The standard InChI is InChI=1S/C11H10BrFN4O/c1-5-2-7(13)6(12)3-9(5)16-11(18)10-8(14)4-15-17-10/h2-4H,14H2,1H3,(H,15,17)(H,16,18). The first-order valence-corrected chi connectivity index (χ1v) is 5.84. The van der Waals surface area contributed by atoms with E-state index >= 15 is 0 Å². The SMILES string of the molecule is Cc1cc(F)c(Br)cc1NC(=O)c1[nH]ncc1N. The highest BCUT2D eigenvalue weighted by Crippen LogP contribution is 2.24. The summed E-state index contributed by atoms with van der Waals surface area (Å²) in [5.74, 6) is -0.807. The summed E-state index contributed by atoms with van der Waals surface area (Å²) in [6.45, 7) is 1.70. The lowest BCUT2D eigenvalue weighted by molar-refractivity contribution is 0.102. The highest BCUT2D eigenvalue weighted by atomic mass is 79.9. The normalized spacial score (nSPS) is 10.4. The Morgan fingerprint density at radius 2 is 2.28 bits per heavy atom. The van der Waals surface area contributed by atoms with Crippen molar-refractivity contribution in [1.29, 1.82) is 0 Å². The largest absolute Gasteiger partial charge is 0.396 e. The average Bonchev–Trinajstić information content (AvgIpc) is 2.72. The van der Waals surface area contributed by atoms with Crippen molar-refractivity contribution < 1.29 is 9.18 Å². The maximum Gasteiger partial charge on any atom is 0.275 e. The van der Waals surface area contributed by atoms with E-state index in [4.69, 9.17) is 5.73 Å². The Kier molecular flexibility index (Phi) is 3.33. The number of nitrogens with zero attached hydrogens (tertiary/aromatic N) is 1. The molecule has 94 valence electrons. The van der Waals surface area contributed by atoms with E-state index in [-0.39, 0.29) is 21.7 Å². The fourth-order valence-electron chi connectivity index (χ4n) is 1.44. The summed E-state index contributed by atoms with van der Waals surface area (Å²) < 4.78 is 13.5. The van der Waals surface area contributed by atoms with Crippen LogP contribution in [0.3, 0.4) is 0 Å². The van der Waals surface area contributed by atoms with Crippen molar-refractivity contribution in [2.75, 3.05) is 11.1 Å². The van der Waals surface area contributed by atoms with Gasteiger partial charge in [0, 0.05) is 5.69 Å². The van der Waals surface area contributed by atoms with Gasteiger partial charge in [-0.15, -0.1) is 0 Å². The van der Waals surface area contributed by atoms with Crippen molar-refractivity contribution in [2.45, 2.75) is 6.92 Å². The number of amides is 1. The molecule has 0 fully saturated rings. The second-order valence-corrected chi connectivity index (χ2v) is 4.59. The number of nitrogens with one attached hydrogen (secondary N) is 2. The van der Waals surface area contributed by atoms with Gasteiger partial charge in [-0.05, 0) is 40.5 Å². The van der Waals surface area contributed by atoms with Gasteiger partial charge in [0.1, 0.15) is 11.5 Å². The quantitative estimate of drug-likeness (QED) is 0.796. The van der Waals surface area contributed by atoms with E-state index in [2.05, 4.69) is 31.4 Å². The van der Waals surface area contributed by atoms with Gasteiger partial charge in [0.15, 0.2) is 0 Å². The summed E-state index contributed by atoms with van der Waals surface area (Å²) in [6, 6.07) is 2.82. The molecule has 4 N–H and O–H groups in total. The molecule has 0 radical (unpaired) electrons. The van der Waals surface area contributed by atoms with Gasteiger partial charge in [-0.1, -0.05) is 0 Å². The van der Waals surface area contributed by atoms with Crippen LogP contribution in [0, 0.1) is 12.7 Å². The maximum absolute atomic E-state index is 13.2. The number of rotatable bonds is 2. The molecule has 0 spiro atoms. The second-order valence-electron chi connectivity index (χ2n) is 3.74. The Bertz CT molecular complexity index is 611. The zero-order valence-corrected chi connectivity index (χ0v) is 11.0. The molecule has 2 aromatic rings. The molecular formula is C11H10BrFN4O. The van der Waals surface area contributed by atoms with Crippen LogP contribution in [0.5, 0.6) is 0 Å². The van der Waals surface area contributed by atoms with Gasteiger partial charge in [0.2, 0.25) is 0 Å². The molecule has 0 saturated carbocycles. The number of aryl methyl sites for hydroxylation is 1. The van der Waals surface area contributed by atoms with Gasteiger partial charge in [-0.3, -0.25) is 9.89 Å². The molecular weight excluding hydrogens is 303 g/mol. The zero-order chi connectivity index (χ0) is 13.3. The van der Waals surface area contributed by atoms with Crippen LogP contribution in [0.25, 0.3) is 0 Å². The van der Waals surface area contributed by atoms with Gasteiger partial charge < -0.3 is 11.1 Å². The van der Waals surface area contributed by atoms with Crippen molar-refractivity contribution in [3.63, 3.8) is 0 Å². The molecule has 0 aliphatic rings. The van der Waals surface area contributed by atoms with Crippen LogP contribution >= 0.6 is 15.9 Å². The first-order chi connectivity index (χ1) is 8.49. The molecule has 0 aliphatic heterocycles. The Morgan fingerprint density at radius 1 is 1.56 bits per heavy atom. The van der Waals surface area contributed by atoms with Gasteiger partial charge in [0.25, 0.3) is 5.91 Å². The number of anilines is 2. The first-order valence-electron chi connectivity index (χ1n) is 5.05. The molecule has 0 saturated heterocycles. The molecule has 0 bridgehead atoms. The Hall–Kier alpha value is -1.89. The summed E-state index contributed by atoms with van der Waals surface area (Å²) in [5.41, 5.74) is 7.11. The minimum absolute atomic E-state index is 0.176. The van der Waals surface area contributed by atoms with Crippen molar-refractivity contribution >= 4 is 33.2 Å². The highest BCUT2D eigenvalue weighted by molar-refractivity contribution is 9.10. The first kappa shape index (κ1) is 12.6. The number of benzene rings is 1. The highest BCUT2D eigenvalue weighted by Gasteiger charge is 2.14. The van der Waals surface area contributed by atoms with Gasteiger partial charge in [-0.25, -0.2) is 4.39 Å². The van der Waals surface area contributed by atoms with E-state index in [9.17, 15) is 9.18 Å². The molecule has 2 rings (SSSR count). The summed E-state index contributed by atoms with van der Waals surface area (Å²) in [5, 5.41) is 8.79. The molecule has 5 nitrogen and oxygen atoms in total. The third kappa shape index (κ3) is 2.35. The van der Waals surface area contributed by atoms with Crippen LogP contribution < -0.4 is 11.1 Å². The summed E-state index contributed by atoms with van der Waals surface area (Å²) in [7, 11) is 0. The lowest BCUT2D eigenvalue weighted by atomic mass is 10.2. The topological polar surface area (TPSA) is 83.8 Å². The number of carbonyl (C=O) groups excluding carboxylic acids is 1. The minimum atomic E-state index is -0.424. The number of aromatic amines is 1. The predicted octanol–water partition coefficient (Wildman–Crippen LogP) is 2.45. The fraction of sp³-hybridized carbons (Fsp3) is 0.0909. The third-order valence-corrected chi connectivity index (χ3v) is 3.02. The van der Waals surface area contributed by atoms with Crippen LogP contribution in [0.2, 0.25) is 0 Å². The molecule has 1 aromatic heterocycles. The average molecular weight is 313 g/mol. The van der Waals surface area contributed by atoms with Crippen LogP contribution in [-0.2, 0) is 0 Å². The summed E-state index contributed by atoms with van der Waals surface area (Å²) >= 11 is 3.06. The van der Waals surface area contributed by atoms with Crippen LogP contribution in [0.4, 0.5) is 15.8 Å². The number of H-pyrrole nitrogens is 1. The van der Waals surface area contributed by atoms with E-state index in [1.807, 2.05) is 0 Å². The molecule has 0 atom stereocenters. The minimum Gasteiger partial charge on any atom is -0.396 e. The van der Waals surface area contributed by atoms with Crippen LogP contribution in [-0.4, -0.2) is 16.1 Å². The number of nitrogen functional groups attached to an aromatic ring is 1. The van der Waals surface area contributed by atoms with E-state index < -0.39 is 5.91 Å². The lowest BCUT2D eigenvalue weighted by Gasteiger charge is -2.09. The lowest BCUT2D eigenvalue weighted by Crippen LogP contribution is -2.15. The third-order valence-electron chi connectivity index (χ3n) is 2.41. The fourth-order valence-corrected chi connectivity index (χ4v) is 1.79. The maximum atomic E-state index is 13.2. The van der Waals surface area contributed by atoms with Crippen molar-refractivity contribution in [2.24, 2.45) is 0 Å². The van der Waals surface area contributed by atoms with Crippen LogP contribution in [0.1, 0.15) is 16.1 Å². The van der Waals surface area contributed by atoms with E-state index in [0.717, 1.165) is 0 Å².